The number of fused-ring (bicyclic) bond motifs is 1. The molecule has 0 spiro atoms. The number of thiophene rings is 2. The summed E-state index contributed by atoms with van der Waals surface area (Å²) < 4.78 is 28.5. The maximum atomic E-state index is 13.6. The Bertz CT molecular complexity index is 3240. The molecular formula is C58H51IN2O4S3. The summed E-state index contributed by atoms with van der Waals surface area (Å²) >= 11 is 6.17. The molecule has 2 aromatic heterocycles. The molecular weight excluding hydrogens is 1010 g/mol. The van der Waals surface area contributed by atoms with Gasteiger partial charge in [0.15, 0.2) is 0 Å². The van der Waals surface area contributed by atoms with Crippen molar-refractivity contribution in [1.82, 2.24) is 0 Å². The molecule has 342 valence electrons. The number of halogens is 1. The maximum Gasteiger partial charge on any atom is 0.347 e. The predicted octanol–water partition coefficient (Wildman–Crippen LogP) is 16.4. The number of sulfone groups is 1. The van der Waals surface area contributed by atoms with Gasteiger partial charge in [0.2, 0.25) is 9.84 Å². The molecule has 0 bridgehead atoms. The number of nitriles is 1. The van der Waals surface area contributed by atoms with Crippen LogP contribution >= 0.6 is 45.3 Å². The van der Waals surface area contributed by atoms with Crippen molar-refractivity contribution in [2.45, 2.75) is 70.6 Å². The largest absolute Gasteiger partial charge is 0.477 e. The topological polar surface area (TPSA) is 98.5 Å². The second-order valence-electron chi connectivity index (χ2n) is 16.9. The zero-order valence-corrected chi connectivity index (χ0v) is 42.8. The number of hydrogen-bond acceptors (Lipinski definition) is 7. The minimum atomic E-state index is -4.05. The van der Waals surface area contributed by atoms with Crippen LogP contribution in [0.5, 0.6) is 0 Å². The van der Waals surface area contributed by atoms with Gasteiger partial charge in [-0.2, -0.15) is 5.26 Å². The Morgan fingerprint density at radius 3 is 1.96 bits per heavy atom. The smallest absolute Gasteiger partial charge is 0.347 e. The van der Waals surface area contributed by atoms with Gasteiger partial charge in [-0.3, -0.25) is 0 Å². The molecule has 0 atom stereocenters. The second-order valence-corrected chi connectivity index (χ2v) is 23.0. The highest BCUT2D eigenvalue weighted by Crippen LogP contribution is 2.46. The number of carbonyl (C=O) groups is 1. The summed E-state index contributed by atoms with van der Waals surface area (Å²) in [6, 6.07) is 48.1. The third kappa shape index (κ3) is 11.1. The molecule has 10 heteroatoms. The number of aliphatic carboxylic acids is 1. The Labute approximate surface area is 422 Å². The third-order valence-electron chi connectivity index (χ3n) is 12.0. The van der Waals surface area contributed by atoms with E-state index in [1.807, 2.05) is 47.0 Å². The van der Waals surface area contributed by atoms with E-state index in [1.165, 1.54) is 90.9 Å². The van der Waals surface area contributed by atoms with Gasteiger partial charge >= 0.3 is 5.97 Å². The van der Waals surface area contributed by atoms with Gasteiger partial charge in [0.25, 0.3) is 0 Å². The molecule has 1 aliphatic rings. The van der Waals surface area contributed by atoms with Gasteiger partial charge in [0.1, 0.15) is 11.6 Å². The summed E-state index contributed by atoms with van der Waals surface area (Å²) in [5, 5.41) is 19.5. The van der Waals surface area contributed by atoms with Crippen LogP contribution in [0.15, 0.2) is 155 Å². The molecule has 0 saturated heterocycles. The summed E-state index contributed by atoms with van der Waals surface area (Å²) in [6.45, 7) is 6.54. The van der Waals surface area contributed by atoms with E-state index >= 15 is 0 Å². The lowest BCUT2D eigenvalue weighted by atomic mass is 9.99. The van der Waals surface area contributed by atoms with Crippen LogP contribution in [0.25, 0.3) is 35.5 Å². The van der Waals surface area contributed by atoms with Crippen LogP contribution in [-0.4, -0.2) is 19.5 Å². The Morgan fingerprint density at radius 2 is 1.32 bits per heavy atom. The van der Waals surface area contributed by atoms with Crippen molar-refractivity contribution in [2.24, 2.45) is 0 Å². The van der Waals surface area contributed by atoms with Gasteiger partial charge in [-0.25, -0.2) is 13.2 Å². The molecule has 0 saturated carbocycles. The van der Waals surface area contributed by atoms with Crippen LogP contribution in [0.4, 0.5) is 17.1 Å². The quantitative estimate of drug-likeness (QED) is 0.0321. The normalized spacial score (nSPS) is 14.6. The first-order valence-corrected chi connectivity index (χ1v) is 27.0. The number of allylic oxidation sites excluding steroid dienone is 1. The average Bonchev–Trinajstić information content (AvgIpc) is 4.05. The van der Waals surface area contributed by atoms with Crippen LogP contribution in [0, 0.1) is 28.1 Å². The fraction of sp³-hybridized carbons (Fsp3) is 0.172. The van der Waals surface area contributed by atoms with Crippen molar-refractivity contribution < 1.29 is 18.3 Å². The second kappa shape index (κ2) is 21.9. The van der Waals surface area contributed by atoms with Crippen LogP contribution < -0.4 is 4.90 Å². The summed E-state index contributed by atoms with van der Waals surface area (Å²) in [7, 11) is -4.05. The van der Waals surface area contributed by atoms with Crippen LogP contribution in [0.3, 0.4) is 0 Å². The lowest BCUT2D eigenvalue weighted by Gasteiger charge is -2.27. The molecule has 0 radical (unpaired) electrons. The molecule has 6 nitrogen and oxygen atoms in total. The molecule has 0 amide bonds. The van der Waals surface area contributed by atoms with Crippen LogP contribution in [-0.2, 0) is 21.1 Å². The molecule has 3 heterocycles. The number of nitrogens with zero attached hydrogens (tertiary/aromatic N) is 2. The molecule has 0 aliphatic carbocycles. The van der Waals surface area contributed by atoms with Crippen LogP contribution in [0.1, 0.15) is 99.0 Å². The number of anilines is 3. The molecule has 7 aromatic rings. The van der Waals surface area contributed by atoms with E-state index in [0.29, 0.717) is 5.56 Å². The van der Waals surface area contributed by atoms with Crippen molar-refractivity contribution in [3.63, 3.8) is 0 Å². The molecule has 8 rings (SSSR count). The molecule has 1 aliphatic heterocycles. The number of hydrogen-bond donors (Lipinski definition) is 1. The van der Waals surface area contributed by atoms with E-state index < -0.39 is 21.4 Å². The SMILES string of the molecule is CCCCCCCCc1ccc(/C(=C\c2ccc(N(c3ccc(/C=C/c4ccc(/C=C5/C(=C(/C#N)C(=O)O)c6ccccc6S5(=O)=O)cc4)cc3)c3ccc(C)cc3C)cc2)c2ccc(I)s2)s1. The van der Waals surface area contributed by atoms with Crippen molar-refractivity contribution >= 4 is 114 Å². The summed E-state index contributed by atoms with van der Waals surface area (Å²) in [5.41, 5.74) is 9.93. The van der Waals surface area contributed by atoms with Gasteiger partial charge in [0.05, 0.1) is 12.7 Å². The van der Waals surface area contributed by atoms with E-state index in [-0.39, 0.29) is 20.9 Å². The molecule has 0 fully saturated rings. The predicted molar refractivity (Wildman–Crippen MR) is 293 cm³/mol. The molecule has 68 heavy (non-hydrogen) atoms. The first kappa shape index (κ1) is 48.4. The first-order chi connectivity index (χ1) is 32.9. The molecule has 5 aromatic carbocycles. The monoisotopic (exact) mass is 1060 g/mol. The van der Waals surface area contributed by atoms with Gasteiger partial charge < -0.3 is 10.0 Å². The third-order valence-corrected chi connectivity index (χ3v) is 17.0. The van der Waals surface area contributed by atoms with Gasteiger partial charge in [0, 0.05) is 48.4 Å². The lowest BCUT2D eigenvalue weighted by Crippen LogP contribution is -2.11. The minimum absolute atomic E-state index is 0.0148. The fourth-order valence-corrected chi connectivity index (χ4v) is 13.0. The van der Waals surface area contributed by atoms with E-state index in [4.69, 9.17) is 0 Å². The highest BCUT2D eigenvalue weighted by atomic mass is 127. The Kier molecular flexibility index (Phi) is 15.6. The Balaban J connectivity index is 1.03. The van der Waals surface area contributed by atoms with E-state index in [0.717, 1.165) is 40.2 Å². The van der Waals surface area contributed by atoms with E-state index in [2.05, 4.69) is 145 Å². The van der Waals surface area contributed by atoms with Crippen molar-refractivity contribution in [3.05, 3.63) is 206 Å². The summed E-state index contributed by atoms with van der Waals surface area (Å²) in [4.78, 5) is 18.1. The Hall–Kier alpha value is -6.10. The Morgan fingerprint density at radius 1 is 0.721 bits per heavy atom. The van der Waals surface area contributed by atoms with Crippen molar-refractivity contribution in [2.75, 3.05) is 4.90 Å². The van der Waals surface area contributed by atoms with E-state index in [9.17, 15) is 23.6 Å². The molecule has 0 unspecified atom stereocenters. The van der Waals surface area contributed by atoms with Crippen LogP contribution in [0.2, 0.25) is 0 Å². The van der Waals surface area contributed by atoms with Gasteiger partial charge in [-0.1, -0.05) is 136 Å². The lowest BCUT2D eigenvalue weighted by molar-refractivity contribution is -0.132. The van der Waals surface area contributed by atoms with Crippen molar-refractivity contribution in [3.8, 4) is 6.07 Å². The maximum absolute atomic E-state index is 13.6. The van der Waals surface area contributed by atoms with Crippen molar-refractivity contribution in [1.29, 1.82) is 5.26 Å². The zero-order valence-electron chi connectivity index (χ0n) is 38.2. The molecule has 1 N–H and O–H groups in total. The average molecular weight is 1060 g/mol. The number of carboxylic acid groups (broad SMARTS) is 1. The standard InChI is InChI=1S/C58H51IN2O4S3/c1-4-5-6-7-8-9-12-47-30-32-52(66-47)49(53-33-34-56(59)67-53)36-43-24-28-46(29-25-43)61(51-31-15-39(2)35-40(51)3)45-26-22-42(23-27-45)17-16-41-18-20-44(21-19-41)37-55-57(50(38-60)58(62)63)48-13-10-11-14-54(48)68(55,64)65/h10-11,13-37H,4-9,12H2,1-3H3,(H,62,63)/b17-16+,49-36+,55-37-,57-50-. The van der Waals surface area contributed by atoms with Gasteiger partial charge in [-0.05, 0) is 150 Å². The fourth-order valence-electron chi connectivity index (χ4n) is 8.52. The number of benzene rings is 5. The zero-order chi connectivity index (χ0) is 47.8. The number of rotatable bonds is 17. The number of unbranched alkanes of at least 4 members (excludes halogenated alkanes) is 5. The minimum Gasteiger partial charge on any atom is -0.477 e. The summed E-state index contributed by atoms with van der Waals surface area (Å²) in [6.07, 6.45) is 16.7. The highest BCUT2D eigenvalue weighted by Gasteiger charge is 2.39. The number of aryl methyl sites for hydroxylation is 3. The number of carboxylic acids is 1. The first-order valence-electron chi connectivity index (χ1n) is 22.8. The summed E-state index contributed by atoms with van der Waals surface area (Å²) in [5.74, 6) is -1.48. The van der Waals surface area contributed by atoms with Gasteiger partial charge in [-0.15, -0.1) is 22.7 Å². The highest BCUT2D eigenvalue weighted by molar-refractivity contribution is 14.1. The van der Waals surface area contributed by atoms with E-state index in [1.54, 1.807) is 30.3 Å².